The van der Waals surface area contributed by atoms with Crippen molar-refractivity contribution in [3.8, 4) is 5.69 Å². The van der Waals surface area contributed by atoms with Gasteiger partial charge in [0.2, 0.25) is 5.69 Å². The van der Waals surface area contributed by atoms with Gasteiger partial charge < -0.3 is 4.90 Å². The Kier molecular flexibility index (Phi) is 6.01. The van der Waals surface area contributed by atoms with Crippen LogP contribution in [0.2, 0.25) is 0 Å². The van der Waals surface area contributed by atoms with E-state index in [4.69, 9.17) is 0 Å². The van der Waals surface area contributed by atoms with E-state index in [1.54, 1.807) is 50.2 Å². The lowest BCUT2D eigenvalue weighted by Crippen LogP contribution is -2.46. The first-order valence-corrected chi connectivity index (χ1v) is 9.29. The Labute approximate surface area is 166 Å². The number of nitrogens with zero attached hydrogens (tertiary/aromatic N) is 4. The molecule has 29 heavy (non-hydrogen) atoms. The van der Waals surface area contributed by atoms with Crippen molar-refractivity contribution in [1.82, 2.24) is 19.2 Å². The molecule has 2 aromatic carbocycles. The maximum absolute atomic E-state index is 13.6. The number of hydrogen-bond donors (Lipinski definition) is 0. The van der Waals surface area contributed by atoms with E-state index < -0.39 is 23.0 Å². The normalized spacial score (nSPS) is 10.7. The molecule has 3 aromatic rings. The first-order chi connectivity index (χ1) is 14.0. The summed E-state index contributed by atoms with van der Waals surface area (Å²) in [6.45, 7) is 4.19. The molecule has 0 bridgehead atoms. The highest BCUT2D eigenvalue weighted by atomic mass is 19.1. The maximum Gasteiger partial charge on any atom is 0.352 e. The van der Waals surface area contributed by atoms with Crippen molar-refractivity contribution in [1.29, 1.82) is 0 Å². The summed E-state index contributed by atoms with van der Waals surface area (Å²) in [4.78, 5) is 40.3. The number of hydrogen-bond acceptors (Lipinski definition) is 4. The van der Waals surface area contributed by atoms with Crippen molar-refractivity contribution in [2.24, 2.45) is 0 Å². The second-order valence-corrected chi connectivity index (χ2v) is 6.38. The molecule has 0 aliphatic carbocycles. The van der Waals surface area contributed by atoms with Crippen LogP contribution < -0.4 is 11.2 Å². The fraction of sp³-hybridized carbons (Fsp3) is 0.238. The van der Waals surface area contributed by atoms with Crippen molar-refractivity contribution in [3.05, 3.63) is 92.5 Å². The van der Waals surface area contributed by atoms with Gasteiger partial charge in [-0.25, -0.2) is 9.18 Å². The summed E-state index contributed by atoms with van der Waals surface area (Å²) in [6, 6.07) is 14.1. The summed E-state index contributed by atoms with van der Waals surface area (Å²) in [5.41, 5.74) is -1.02. The predicted molar refractivity (Wildman–Crippen MR) is 107 cm³/mol. The van der Waals surface area contributed by atoms with E-state index >= 15 is 0 Å². The number of aromatic nitrogens is 3. The molecule has 0 saturated heterocycles. The van der Waals surface area contributed by atoms with Crippen molar-refractivity contribution in [2.45, 2.75) is 20.4 Å². The van der Waals surface area contributed by atoms with Crippen molar-refractivity contribution in [2.75, 3.05) is 13.1 Å². The van der Waals surface area contributed by atoms with Crippen LogP contribution in [0.25, 0.3) is 5.69 Å². The van der Waals surface area contributed by atoms with Crippen LogP contribution >= 0.6 is 0 Å². The molecule has 3 rings (SSSR count). The molecule has 0 aliphatic rings. The SMILES string of the molecule is CCN(CC)C(=O)c1nn(-c2ccccc2)c(=O)n(Cc2cccc(F)c2)c1=O. The van der Waals surface area contributed by atoms with E-state index in [1.165, 1.54) is 23.1 Å². The van der Waals surface area contributed by atoms with E-state index in [2.05, 4.69) is 5.10 Å². The monoisotopic (exact) mass is 396 g/mol. The molecule has 150 valence electrons. The smallest absolute Gasteiger partial charge is 0.338 e. The quantitative estimate of drug-likeness (QED) is 0.639. The first-order valence-electron chi connectivity index (χ1n) is 9.29. The van der Waals surface area contributed by atoms with E-state index in [0.29, 0.717) is 24.3 Å². The van der Waals surface area contributed by atoms with E-state index in [0.717, 1.165) is 9.25 Å². The van der Waals surface area contributed by atoms with Crippen LogP contribution in [0.1, 0.15) is 29.9 Å². The zero-order valence-electron chi connectivity index (χ0n) is 16.2. The lowest BCUT2D eigenvalue weighted by atomic mass is 10.2. The largest absolute Gasteiger partial charge is 0.352 e. The van der Waals surface area contributed by atoms with Crippen LogP contribution in [0, 0.1) is 5.82 Å². The molecule has 0 radical (unpaired) electrons. The van der Waals surface area contributed by atoms with Gasteiger partial charge >= 0.3 is 5.69 Å². The molecule has 8 heteroatoms. The van der Waals surface area contributed by atoms with Gasteiger partial charge in [0.05, 0.1) is 12.2 Å². The minimum Gasteiger partial charge on any atom is -0.338 e. The van der Waals surface area contributed by atoms with Crippen molar-refractivity contribution < 1.29 is 9.18 Å². The highest BCUT2D eigenvalue weighted by molar-refractivity contribution is 5.91. The highest BCUT2D eigenvalue weighted by Gasteiger charge is 2.23. The van der Waals surface area contributed by atoms with Crippen LogP contribution in [-0.4, -0.2) is 38.2 Å². The van der Waals surface area contributed by atoms with Gasteiger partial charge in [-0.2, -0.15) is 9.78 Å². The summed E-state index contributed by atoms with van der Waals surface area (Å²) in [6.07, 6.45) is 0. The number of halogens is 1. The molecule has 1 heterocycles. The number of para-hydroxylation sites is 1. The molecule has 0 N–H and O–H groups in total. The zero-order chi connectivity index (χ0) is 21.0. The molecule has 0 unspecified atom stereocenters. The Hall–Kier alpha value is -3.55. The van der Waals surface area contributed by atoms with Crippen molar-refractivity contribution >= 4 is 5.91 Å². The Morgan fingerprint density at radius 2 is 1.72 bits per heavy atom. The van der Waals surface area contributed by atoms with Crippen LogP contribution in [0.5, 0.6) is 0 Å². The highest BCUT2D eigenvalue weighted by Crippen LogP contribution is 2.06. The molecule has 0 aliphatic heterocycles. The van der Waals surface area contributed by atoms with E-state index in [1.807, 2.05) is 0 Å². The number of amides is 1. The Balaban J connectivity index is 2.23. The summed E-state index contributed by atoms with van der Waals surface area (Å²) in [5.74, 6) is -1.04. The molecule has 0 spiro atoms. The van der Waals surface area contributed by atoms with Crippen LogP contribution in [0.3, 0.4) is 0 Å². The van der Waals surface area contributed by atoms with Crippen LogP contribution in [-0.2, 0) is 6.54 Å². The summed E-state index contributed by atoms with van der Waals surface area (Å²) in [7, 11) is 0. The number of benzene rings is 2. The molecular weight excluding hydrogens is 375 g/mol. The average Bonchev–Trinajstić information content (AvgIpc) is 2.73. The number of rotatable bonds is 6. The summed E-state index contributed by atoms with van der Waals surface area (Å²) < 4.78 is 15.5. The van der Waals surface area contributed by atoms with Gasteiger partial charge in [0.15, 0.2) is 0 Å². The first kappa shape index (κ1) is 20.2. The fourth-order valence-electron chi connectivity index (χ4n) is 3.00. The van der Waals surface area contributed by atoms with Gasteiger partial charge in [0, 0.05) is 13.1 Å². The minimum atomic E-state index is -0.802. The number of carbonyl (C=O) groups is 1. The average molecular weight is 396 g/mol. The lowest BCUT2D eigenvalue weighted by molar-refractivity contribution is 0.0761. The third-order valence-corrected chi connectivity index (χ3v) is 4.54. The van der Waals surface area contributed by atoms with Gasteiger partial charge in [0.1, 0.15) is 5.82 Å². The maximum atomic E-state index is 13.6. The molecule has 0 fully saturated rings. The van der Waals surface area contributed by atoms with Gasteiger partial charge in [-0.1, -0.05) is 30.3 Å². The van der Waals surface area contributed by atoms with Crippen molar-refractivity contribution in [3.63, 3.8) is 0 Å². The van der Waals surface area contributed by atoms with Gasteiger partial charge in [-0.3, -0.25) is 14.2 Å². The fourth-order valence-corrected chi connectivity index (χ4v) is 3.00. The van der Waals surface area contributed by atoms with Crippen LogP contribution in [0.15, 0.2) is 64.2 Å². The summed E-state index contributed by atoms with van der Waals surface area (Å²) in [5, 5.41) is 4.08. The molecule has 0 atom stereocenters. The van der Waals surface area contributed by atoms with Gasteiger partial charge in [-0.15, -0.1) is 0 Å². The minimum absolute atomic E-state index is 0.177. The molecular formula is C21H21FN4O3. The zero-order valence-corrected chi connectivity index (χ0v) is 16.2. The standard InChI is InChI=1S/C21H21FN4O3/c1-3-24(4-2)19(27)18-20(28)25(14-15-9-8-10-16(22)13-15)21(29)26(23-18)17-11-6-5-7-12-17/h5-13H,3-4,14H2,1-2H3. The lowest BCUT2D eigenvalue weighted by Gasteiger charge is -2.19. The van der Waals surface area contributed by atoms with Gasteiger partial charge in [-0.05, 0) is 43.7 Å². The van der Waals surface area contributed by atoms with E-state index in [-0.39, 0.29) is 12.2 Å². The topological polar surface area (TPSA) is 77.2 Å². The second-order valence-electron chi connectivity index (χ2n) is 6.38. The predicted octanol–water partition coefficient (Wildman–Crippen LogP) is 2.06. The Morgan fingerprint density at radius 3 is 2.34 bits per heavy atom. The molecule has 0 saturated carbocycles. The summed E-state index contributed by atoms with van der Waals surface area (Å²) >= 11 is 0. The van der Waals surface area contributed by atoms with Gasteiger partial charge in [0.25, 0.3) is 11.5 Å². The third kappa shape index (κ3) is 4.16. The van der Waals surface area contributed by atoms with Crippen LogP contribution in [0.4, 0.5) is 4.39 Å². The number of carbonyl (C=O) groups excluding carboxylic acids is 1. The molecule has 7 nitrogen and oxygen atoms in total. The Morgan fingerprint density at radius 1 is 1.03 bits per heavy atom. The second kappa shape index (κ2) is 8.64. The molecule has 1 amide bonds. The Bertz CT molecular complexity index is 1130. The molecule has 1 aromatic heterocycles. The third-order valence-electron chi connectivity index (χ3n) is 4.54. The van der Waals surface area contributed by atoms with E-state index in [9.17, 15) is 18.8 Å².